The number of hydrogen-bond donors (Lipinski definition) is 1. The molecule has 0 bridgehead atoms. The minimum absolute atomic E-state index is 1.31. The molecule has 1 N–H and O–H groups in total. The third-order valence-electron chi connectivity index (χ3n) is 1.66. The second-order valence-electron chi connectivity index (χ2n) is 2.85. The van der Waals surface area contributed by atoms with Gasteiger partial charge in [0.25, 0.3) is 0 Å². The van der Waals surface area contributed by atoms with Gasteiger partial charge in [0.05, 0.1) is 0 Å². The first-order valence-corrected chi connectivity index (χ1v) is 5.40. The monoisotopic (exact) mass is 203 g/mol. The van der Waals surface area contributed by atoms with E-state index in [1.165, 1.54) is 10.8 Å². The highest BCUT2D eigenvalue weighted by atomic mass is 14.7. The highest BCUT2D eigenvalue weighted by Gasteiger charge is 1.85. The van der Waals surface area contributed by atoms with E-state index in [2.05, 4.69) is 53.8 Å². The van der Waals surface area contributed by atoms with Crippen molar-refractivity contribution >= 4 is 10.8 Å². The molecule has 2 rings (SSSR count). The summed E-state index contributed by atoms with van der Waals surface area (Å²) in [6.07, 6.45) is 0. The van der Waals surface area contributed by atoms with Crippen LogP contribution in [0.5, 0.6) is 0 Å². The Kier molecular flexibility index (Phi) is 8.40. The Bertz CT molecular complexity index is 290. The summed E-state index contributed by atoms with van der Waals surface area (Å²) in [6, 6.07) is 16.7. The summed E-state index contributed by atoms with van der Waals surface area (Å²) < 4.78 is 0. The molecule has 0 aliphatic carbocycles. The minimum Gasteiger partial charge on any atom is -0.323 e. The van der Waals surface area contributed by atoms with Gasteiger partial charge < -0.3 is 5.32 Å². The van der Waals surface area contributed by atoms with Gasteiger partial charge in [-0.3, -0.25) is 0 Å². The van der Waals surface area contributed by atoms with E-state index in [4.69, 9.17) is 0 Å². The van der Waals surface area contributed by atoms with Crippen LogP contribution in [0.15, 0.2) is 48.5 Å². The highest BCUT2D eigenvalue weighted by molar-refractivity contribution is 5.81. The summed E-state index contributed by atoms with van der Waals surface area (Å²) in [5, 5.41) is 5.37. The molecule has 0 saturated carbocycles. The molecule has 82 valence electrons. The summed E-state index contributed by atoms with van der Waals surface area (Å²) in [6.45, 7) is 4.00. The third-order valence-corrected chi connectivity index (χ3v) is 1.66. The Balaban J connectivity index is 0.000000342. The van der Waals surface area contributed by atoms with Crippen molar-refractivity contribution in [2.24, 2.45) is 0 Å². The quantitative estimate of drug-likeness (QED) is 0.688. The van der Waals surface area contributed by atoms with Gasteiger partial charge in [-0.25, -0.2) is 0 Å². The van der Waals surface area contributed by atoms with E-state index in [0.29, 0.717) is 0 Å². The maximum atomic E-state index is 2.75. The van der Waals surface area contributed by atoms with Crippen molar-refractivity contribution in [1.82, 2.24) is 5.32 Å². The fourth-order valence-electron chi connectivity index (χ4n) is 1.13. The normalized spacial score (nSPS) is 8.27. The van der Waals surface area contributed by atoms with E-state index in [0.717, 1.165) is 0 Å². The Morgan fingerprint density at radius 2 is 0.867 bits per heavy atom. The molecule has 0 atom stereocenters. The van der Waals surface area contributed by atoms with Gasteiger partial charge in [-0.2, -0.15) is 0 Å². The Morgan fingerprint density at radius 3 is 1.07 bits per heavy atom. The van der Waals surface area contributed by atoms with E-state index in [1.807, 2.05) is 27.9 Å². The van der Waals surface area contributed by atoms with Crippen molar-refractivity contribution in [2.45, 2.75) is 13.8 Å². The van der Waals surface area contributed by atoms with Gasteiger partial charge in [-0.15, -0.1) is 0 Å². The lowest BCUT2D eigenvalue weighted by atomic mass is 10.1. The summed E-state index contributed by atoms with van der Waals surface area (Å²) in [5.74, 6) is 0. The molecule has 0 unspecified atom stereocenters. The van der Waals surface area contributed by atoms with Gasteiger partial charge in [0.2, 0.25) is 0 Å². The molecule has 0 saturated heterocycles. The van der Waals surface area contributed by atoms with E-state index < -0.39 is 0 Å². The van der Waals surface area contributed by atoms with Crippen LogP contribution in [0, 0.1) is 0 Å². The lowest BCUT2D eigenvalue weighted by molar-refractivity contribution is 1.02. The molecule has 0 radical (unpaired) electrons. The second kappa shape index (κ2) is 9.22. The van der Waals surface area contributed by atoms with Crippen molar-refractivity contribution in [2.75, 3.05) is 14.1 Å². The topological polar surface area (TPSA) is 12.0 Å². The summed E-state index contributed by atoms with van der Waals surface area (Å²) in [7, 11) is 3.75. The summed E-state index contributed by atoms with van der Waals surface area (Å²) in [4.78, 5) is 0. The van der Waals surface area contributed by atoms with Crippen LogP contribution in [0.3, 0.4) is 0 Å². The first-order valence-electron chi connectivity index (χ1n) is 5.40. The van der Waals surface area contributed by atoms with Crippen LogP contribution in [-0.2, 0) is 0 Å². The standard InChI is InChI=1S/C10H8.C2H7N.C2H6/c1-2-6-10-8-4-3-7-9(10)5-1;1-3-2;1-2/h1-8H;3H,1-2H3;1-2H3. The predicted octanol–water partition coefficient (Wildman–Crippen LogP) is 3.70. The molecule has 1 heteroatoms. The molecule has 0 aromatic heterocycles. The SMILES string of the molecule is CC.CNC.c1ccc2ccccc2c1. The third kappa shape index (κ3) is 5.18. The fraction of sp³-hybridized carbons (Fsp3) is 0.286. The molecule has 0 aliphatic rings. The van der Waals surface area contributed by atoms with Crippen LogP contribution in [0.1, 0.15) is 13.8 Å². The molecular formula is C14H21N. The van der Waals surface area contributed by atoms with Crippen LogP contribution in [-0.4, -0.2) is 14.1 Å². The zero-order chi connectivity index (χ0) is 11.5. The lowest BCUT2D eigenvalue weighted by Gasteiger charge is -1.92. The molecule has 0 spiro atoms. The van der Waals surface area contributed by atoms with Crippen LogP contribution >= 0.6 is 0 Å². The van der Waals surface area contributed by atoms with Gasteiger partial charge in [0, 0.05) is 0 Å². The van der Waals surface area contributed by atoms with Crippen LogP contribution in [0.2, 0.25) is 0 Å². The number of rotatable bonds is 0. The molecule has 15 heavy (non-hydrogen) atoms. The largest absolute Gasteiger partial charge is 0.323 e. The maximum Gasteiger partial charge on any atom is -0.0167 e. The molecule has 1 nitrogen and oxygen atoms in total. The van der Waals surface area contributed by atoms with E-state index >= 15 is 0 Å². The van der Waals surface area contributed by atoms with Crippen molar-refractivity contribution in [3.8, 4) is 0 Å². The Morgan fingerprint density at radius 1 is 0.667 bits per heavy atom. The molecule has 0 amide bonds. The van der Waals surface area contributed by atoms with Crippen LogP contribution in [0.25, 0.3) is 10.8 Å². The second-order valence-corrected chi connectivity index (χ2v) is 2.85. The van der Waals surface area contributed by atoms with Gasteiger partial charge in [-0.1, -0.05) is 62.4 Å². The van der Waals surface area contributed by atoms with Crippen molar-refractivity contribution in [3.63, 3.8) is 0 Å². The minimum atomic E-state index is 1.31. The summed E-state index contributed by atoms with van der Waals surface area (Å²) in [5.41, 5.74) is 0. The molecule has 0 aliphatic heterocycles. The van der Waals surface area contributed by atoms with E-state index in [9.17, 15) is 0 Å². The number of benzene rings is 2. The lowest BCUT2D eigenvalue weighted by Crippen LogP contribution is -1.89. The van der Waals surface area contributed by atoms with Crippen molar-refractivity contribution in [1.29, 1.82) is 0 Å². The molecule has 0 fully saturated rings. The first-order chi connectivity index (χ1) is 7.38. The first kappa shape index (κ1) is 13.7. The fourth-order valence-corrected chi connectivity index (χ4v) is 1.13. The van der Waals surface area contributed by atoms with E-state index in [-0.39, 0.29) is 0 Å². The smallest absolute Gasteiger partial charge is 0.0167 e. The van der Waals surface area contributed by atoms with Crippen LogP contribution < -0.4 is 5.32 Å². The van der Waals surface area contributed by atoms with E-state index in [1.54, 1.807) is 0 Å². The predicted molar refractivity (Wildman–Crippen MR) is 70.3 cm³/mol. The van der Waals surface area contributed by atoms with Gasteiger partial charge in [-0.05, 0) is 24.9 Å². The molecule has 0 heterocycles. The molecule has 2 aromatic rings. The Hall–Kier alpha value is -1.34. The van der Waals surface area contributed by atoms with Gasteiger partial charge in [0.1, 0.15) is 0 Å². The molecule has 2 aromatic carbocycles. The summed E-state index contributed by atoms with van der Waals surface area (Å²) >= 11 is 0. The average molecular weight is 203 g/mol. The highest BCUT2D eigenvalue weighted by Crippen LogP contribution is 2.11. The maximum absolute atomic E-state index is 2.75. The average Bonchev–Trinajstić information content (AvgIpc) is 2.33. The number of fused-ring (bicyclic) bond motifs is 1. The number of hydrogen-bond acceptors (Lipinski definition) is 1. The van der Waals surface area contributed by atoms with Gasteiger partial charge in [0.15, 0.2) is 0 Å². The van der Waals surface area contributed by atoms with Crippen molar-refractivity contribution < 1.29 is 0 Å². The van der Waals surface area contributed by atoms with Gasteiger partial charge >= 0.3 is 0 Å². The molecular weight excluding hydrogens is 182 g/mol. The van der Waals surface area contributed by atoms with Crippen molar-refractivity contribution in [3.05, 3.63) is 48.5 Å². The number of nitrogens with one attached hydrogen (secondary N) is 1. The Labute approximate surface area is 93.1 Å². The van der Waals surface area contributed by atoms with Crippen LogP contribution in [0.4, 0.5) is 0 Å². The zero-order valence-electron chi connectivity index (χ0n) is 10.1. The zero-order valence-corrected chi connectivity index (χ0v) is 10.1.